The number of thiophene rings is 1. The lowest BCUT2D eigenvalue weighted by Gasteiger charge is -2.16. The van der Waals surface area contributed by atoms with Gasteiger partial charge in [-0.05, 0) is 35.2 Å². The molecular formula is C19H16FNO3S. The normalized spacial score (nSPS) is 11.9. The molecule has 0 saturated heterocycles. The molecule has 0 fully saturated rings. The zero-order chi connectivity index (χ0) is 17.8. The molecule has 128 valence electrons. The summed E-state index contributed by atoms with van der Waals surface area (Å²) >= 11 is 1.25. The van der Waals surface area contributed by atoms with Gasteiger partial charge in [0.1, 0.15) is 11.9 Å². The van der Waals surface area contributed by atoms with Crippen LogP contribution in [0.25, 0.3) is 10.1 Å². The highest BCUT2D eigenvalue weighted by atomic mass is 32.1. The van der Waals surface area contributed by atoms with Gasteiger partial charge in [-0.15, -0.1) is 11.3 Å². The molecule has 0 saturated carbocycles. The molecule has 2 aromatic carbocycles. The fourth-order valence-corrected chi connectivity index (χ4v) is 3.49. The quantitative estimate of drug-likeness (QED) is 0.711. The maximum Gasteiger partial charge on any atom is 0.328 e. The Hall–Kier alpha value is -2.73. The third-order valence-corrected chi connectivity index (χ3v) is 4.89. The van der Waals surface area contributed by atoms with Gasteiger partial charge in [0.2, 0.25) is 0 Å². The Kier molecular flexibility index (Phi) is 5.09. The summed E-state index contributed by atoms with van der Waals surface area (Å²) in [5, 5.41) is 3.37. The molecule has 1 amide bonds. The molecule has 0 aliphatic heterocycles. The maximum absolute atomic E-state index is 13.3. The minimum absolute atomic E-state index is 0.332. The number of hydrogen-bond donors (Lipinski definition) is 1. The first-order valence-corrected chi connectivity index (χ1v) is 8.50. The summed E-state index contributed by atoms with van der Waals surface area (Å²) in [4.78, 5) is 25.0. The zero-order valence-corrected chi connectivity index (χ0v) is 14.3. The molecule has 1 heterocycles. The summed E-state index contributed by atoms with van der Waals surface area (Å²) in [5.41, 5.74) is 0.914. The van der Waals surface area contributed by atoms with E-state index in [1.54, 1.807) is 12.1 Å². The summed E-state index contributed by atoms with van der Waals surface area (Å²) in [6.45, 7) is 0. The van der Waals surface area contributed by atoms with E-state index in [-0.39, 0.29) is 11.7 Å². The van der Waals surface area contributed by atoms with Crippen molar-refractivity contribution in [3.8, 4) is 0 Å². The molecule has 6 heteroatoms. The molecule has 1 atom stereocenters. The van der Waals surface area contributed by atoms with Crippen molar-refractivity contribution in [1.29, 1.82) is 0 Å². The first-order chi connectivity index (χ1) is 12.1. The third-order valence-electron chi connectivity index (χ3n) is 3.78. The molecule has 0 aliphatic rings. The number of rotatable bonds is 5. The van der Waals surface area contributed by atoms with Crippen LogP contribution in [0, 0.1) is 5.82 Å². The smallest absolute Gasteiger partial charge is 0.328 e. The van der Waals surface area contributed by atoms with Crippen molar-refractivity contribution in [2.45, 2.75) is 12.5 Å². The van der Waals surface area contributed by atoms with E-state index in [0.717, 1.165) is 10.3 Å². The highest BCUT2D eigenvalue weighted by molar-refractivity contribution is 7.20. The van der Waals surface area contributed by atoms with Gasteiger partial charge in [-0.1, -0.05) is 30.3 Å². The van der Waals surface area contributed by atoms with Gasteiger partial charge < -0.3 is 10.1 Å². The van der Waals surface area contributed by atoms with E-state index in [4.69, 9.17) is 4.74 Å². The van der Waals surface area contributed by atoms with Gasteiger partial charge in [-0.3, -0.25) is 4.79 Å². The Balaban J connectivity index is 1.79. The van der Waals surface area contributed by atoms with Crippen molar-refractivity contribution in [1.82, 2.24) is 5.32 Å². The van der Waals surface area contributed by atoms with Crippen molar-refractivity contribution in [3.63, 3.8) is 0 Å². The summed E-state index contributed by atoms with van der Waals surface area (Å²) in [6.07, 6.45) is 0.332. The highest BCUT2D eigenvalue weighted by Crippen LogP contribution is 2.26. The highest BCUT2D eigenvalue weighted by Gasteiger charge is 2.23. The van der Waals surface area contributed by atoms with Crippen LogP contribution >= 0.6 is 11.3 Å². The third kappa shape index (κ3) is 4.03. The van der Waals surface area contributed by atoms with Gasteiger partial charge in [-0.2, -0.15) is 0 Å². The maximum atomic E-state index is 13.3. The second-order valence-corrected chi connectivity index (χ2v) is 6.62. The predicted molar refractivity (Wildman–Crippen MR) is 95.2 cm³/mol. The van der Waals surface area contributed by atoms with Crippen LogP contribution in [0.4, 0.5) is 4.39 Å². The average molecular weight is 357 g/mol. The number of halogens is 1. The van der Waals surface area contributed by atoms with E-state index >= 15 is 0 Å². The number of esters is 1. The fourth-order valence-electron chi connectivity index (χ4n) is 2.54. The molecule has 0 aliphatic carbocycles. The molecule has 25 heavy (non-hydrogen) atoms. The molecule has 0 radical (unpaired) electrons. The minimum Gasteiger partial charge on any atom is -0.467 e. The van der Waals surface area contributed by atoms with Gasteiger partial charge in [0.15, 0.2) is 0 Å². The number of hydrogen-bond acceptors (Lipinski definition) is 4. The Morgan fingerprint density at radius 1 is 1.16 bits per heavy atom. The first-order valence-electron chi connectivity index (χ1n) is 7.68. The number of fused-ring (bicyclic) bond motifs is 1. The number of nitrogens with one attached hydrogen (secondary N) is 1. The van der Waals surface area contributed by atoms with E-state index in [0.29, 0.717) is 16.7 Å². The molecule has 3 rings (SSSR count). The van der Waals surface area contributed by atoms with Crippen LogP contribution in [0.3, 0.4) is 0 Å². The number of carbonyl (C=O) groups is 2. The predicted octanol–water partition coefficient (Wildman–Crippen LogP) is 3.55. The number of ether oxygens (including phenoxy) is 1. The van der Waals surface area contributed by atoms with E-state index < -0.39 is 12.0 Å². The Morgan fingerprint density at radius 3 is 2.64 bits per heavy atom. The number of carbonyl (C=O) groups excluding carboxylic acids is 2. The van der Waals surface area contributed by atoms with E-state index in [1.165, 1.54) is 30.6 Å². The van der Waals surface area contributed by atoms with Crippen LogP contribution in [-0.2, 0) is 16.0 Å². The van der Waals surface area contributed by atoms with E-state index in [1.807, 2.05) is 30.3 Å². The molecule has 3 aromatic rings. The van der Waals surface area contributed by atoms with Crippen molar-refractivity contribution in [2.24, 2.45) is 0 Å². The van der Waals surface area contributed by atoms with Gasteiger partial charge in [0.05, 0.1) is 12.0 Å². The van der Waals surface area contributed by atoms with Crippen molar-refractivity contribution in [2.75, 3.05) is 7.11 Å². The van der Waals surface area contributed by atoms with Crippen molar-refractivity contribution < 1.29 is 18.7 Å². The van der Waals surface area contributed by atoms with E-state index in [9.17, 15) is 14.0 Å². The van der Waals surface area contributed by atoms with Crippen LogP contribution < -0.4 is 5.32 Å². The topological polar surface area (TPSA) is 55.4 Å². The van der Waals surface area contributed by atoms with Crippen LogP contribution in [-0.4, -0.2) is 25.0 Å². The van der Waals surface area contributed by atoms with Gasteiger partial charge in [0.25, 0.3) is 5.91 Å². The van der Waals surface area contributed by atoms with Crippen LogP contribution in [0.2, 0.25) is 0 Å². The Morgan fingerprint density at radius 2 is 1.92 bits per heavy atom. The lowest BCUT2D eigenvalue weighted by Crippen LogP contribution is -2.42. The minimum atomic E-state index is -0.790. The number of amides is 1. The van der Waals surface area contributed by atoms with Gasteiger partial charge in [0, 0.05) is 11.1 Å². The number of methoxy groups -OCH3 is 1. The van der Waals surface area contributed by atoms with E-state index in [2.05, 4.69) is 5.32 Å². The molecular weight excluding hydrogens is 341 g/mol. The molecule has 1 aromatic heterocycles. The van der Waals surface area contributed by atoms with Gasteiger partial charge >= 0.3 is 5.97 Å². The standard InChI is InChI=1S/C19H16FNO3S/c1-24-19(23)15(9-12-5-3-2-4-6-12)21-18(22)17-11-13-10-14(20)7-8-16(13)25-17/h2-8,10-11,15H,9H2,1H3,(H,21,22). The molecule has 0 bridgehead atoms. The fraction of sp³-hybridized carbons (Fsp3) is 0.158. The second kappa shape index (κ2) is 7.44. The summed E-state index contributed by atoms with van der Waals surface area (Å²) in [5.74, 6) is -1.24. The molecule has 1 N–H and O–H groups in total. The number of benzene rings is 2. The second-order valence-electron chi connectivity index (χ2n) is 5.53. The summed E-state index contributed by atoms with van der Waals surface area (Å²) < 4.78 is 18.9. The van der Waals surface area contributed by atoms with Gasteiger partial charge in [-0.25, -0.2) is 9.18 Å². The molecule has 4 nitrogen and oxygen atoms in total. The summed E-state index contributed by atoms with van der Waals surface area (Å²) in [7, 11) is 1.29. The monoisotopic (exact) mass is 357 g/mol. The SMILES string of the molecule is COC(=O)C(Cc1ccccc1)NC(=O)c1cc2cc(F)ccc2s1. The Bertz CT molecular complexity index is 907. The Labute approximate surface area is 148 Å². The zero-order valence-electron chi connectivity index (χ0n) is 13.5. The molecule has 0 spiro atoms. The largest absolute Gasteiger partial charge is 0.467 e. The lowest BCUT2D eigenvalue weighted by molar-refractivity contribution is -0.142. The van der Waals surface area contributed by atoms with Crippen LogP contribution in [0.1, 0.15) is 15.2 Å². The lowest BCUT2D eigenvalue weighted by atomic mass is 10.1. The summed E-state index contributed by atoms with van der Waals surface area (Å²) in [6, 6.07) is 14.6. The van der Waals surface area contributed by atoms with Crippen molar-refractivity contribution in [3.05, 3.63) is 70.9 Å². The van der Waals surface area contributed by atoms with Crippen LogP contribution in [0.15, 0.2) is 54.6 Å². The average Bonchev–Trinajstić information content (AvgIpc) is 3.04. The first kappa shape index (κ1) is 17.1. The van der Waals surface area contributed by atoms with Crippen LogP contribution in [0.5, 0.6) is 0 Å². The van der Waals surface area contributed by atoms with Crippen molar-refractivity contribution >= 4 is 33.3 Å². The molecule has 1 unspecified atom stereocenters.